The van der Waals surface area contributed by atoms with Gasteiger partial charge in [0.2, 0.25) is 6.79 Å². The Morgan fingerprint density at radius 2 is 1.09 bits per heavy atom. The monoisotopic (exact) mass is 588 g/mol. The summed E-state index contributed by atoms with van der Waals surface area (Å²) in [7, 11) is 0. The third kappa shape index (κ3) is 9.81. The van der Waals surface area contributed by atoms with Gasteiger partial charge in [-0.05, 0) is 57.8 Å². The molecule has 4 heteroatoms. The second-order valence-corrected chi connectivity index (χ2v) is 16.0. The SMILES string of the molecule is C=C.CC(C)(C)c1cc(C=N)c(OCOc2c(C=NC3CCCCC3)cc(C(C)(C)C)cc2C(C)(C)C)c(C(C)(C)C)c1. The molecule has 0 atom stereocenters. The lowest BCUT2D eigenvalue weighted by atomic mass is 9.79. The maximum absolute atomic E-state index is 8.21. The van der Waals surface area contributed by atoms with Gasteiger partial charge in [0.25, 0.3) is 0 Å². The van der Waals surface area contributed by atoms with Crippen LogP contribution in [0.2, 0.25) is 0 Å². The van der Waals surface area contributed by atoms with Crippen molar-refractivity contribution in [3.8, 4) is 11.5 Å². The molecule has 4 nitrogen and oxygen atoms in total. The molecule has 0 bridgehead atoms. The summed E-state index contributed by atoms with van der Waals surface area (Å²) in [6.45, 7) is 32.7. The fourth-order valence-corrected chi connectivity index (χ4v) is 5.37. The summed E-state index contributed by atoms with van der Waals surface area (Å²) >= 11 is 0. The molecule has 1 N–H and O–H groups in total. The van der Waals surface area contributed by atoms with Crippen molar-refractivity contribution in [2.45, 2.75) is 143 Å². The summed E-state index contributed by atoms with van der Waals surface area (Å²) in [6, 6.07) is 9.25. The zero-order valence-corrected chi connectivity index (χ0v) is 29.5. The summed E-state index contributed by atoms with van der Waals surface area (Å²) in [6.07, 6.45) is 9.61. The van der Waals surface area contributed by atoms with E-state index in [1.165, 1.54) is 36.6 Å². The van der Waals surface area contributed by atoms with Crippen molar-refractivity contribution in [1.29, 1.82) is 5.41 Å². The van der Waals surface area contributed by atoms with E-state index >= 15 is 0 Å². The minimum Gasteiger partial charge on any atom is -0.456 e. The van der Waals surface area contributed by atoms with Crippen molar-refractivity contribution in [3.63, 3.8) is 0 Å². The number of ether oxygens (including phenoxy) is 2. The van der Waals surface area contributed by atoms with Crippen molar-refractivity contribution >= 4 is 12.4 Å². The van der Waals surface area contributed by atoms with E-state index < -0.39 is 0 Å². The van der Waals surface area contributed by atoms with E-state index in [1.54, 1.807) is 0 Å². The Balaban J connectivity index is 0.00000316. The van der Waals surface area contributed by atoms with Crippen molar-refractivity contribution in [2.24, 2.45) is 4.99 Å². The van der Waals surface area contributed by atoms with E-state index in [0.717, 1.165) is 46.6 Å². The van der Waals surface area contributed by atoms with Gasteiger partial charge in [0.1, 0.15) is 11.5 Å². The maximum Gasteiger partial charge on any atom is 0.230 e. The zero-order valence-electron chi connectivity index (χ0n) is 29.5. The highest BCUT2D eigenvalue weighted by molar-refractivity contribution is 5.85. The first-order valence-corrected chi connectivity index (χ1v) is 16.0. The largest absolute Gasteiger partial charge is 0.456 e. The van der Waals surface area contributed by atoms with Gasteiger partial charge in [0.05, 0.1) is 0 Å². The molecule has 3 rings (SSSR count). The third-order valence-corrected chi connectivity index (χ3v) is 8.14. The van der Waals surface area contributed by atoms with E-state index in [1.807, 2.05) is 0 Å². The van der Waals surface area contributed by atoms with Gasteiger partial charge in [0.15, 0.2) is 0 Å². The predicted molar refractivity (Wildman–Crippen MR) is 187 cm³/mol. The standard InChI is InChI=1S/C37H56N2O2.C2H4/c1-34(2,3)27-18-25(22-38)32(30(20-27)36(7,8)9)40-24-41-33-26(23-39-29-16-14-13-15-17-29)19-28(35(4,5)6)21-31(33)37(10,11)12;1-2/h18-23,29,38H,13-17,24H2,1-12H3;1-2H2. The van der Waals surface area contributed by atoms with E-state index in [9.17, 15) is 0 Å². The Bertz CT molecular complexity index is 1250. The van der Waals surface area contributed by atoms with Crippen LogP contribution in [0.4, 0.5) is 0 Å². The molecular formula is C39H60N2O2. The van der Waals surface area contributed by atoms with Crippen molar-refractivity contribution in [1.82, 2.24) is 0 Å². The van der Waals surface area contributed by atoms with E-state index in [0.29, 0.717) is 6.04 Å². The highest BCUT2D eigenvalue weighted by Gasteiger charge is 2.28. The number of rotatable bonds is 7. The summed E-state index contributed by atoms with van der Waals surface area (Å²) in [5.41, 5.74) is 6.20. The second kappa shape index (κ2) is 14.3. The van der Waals surface area contributed by atoms with Crippen LogP contribution < -0.4 is 9.47 Å². The van der Waals surface area contributed by atoms with Crippen LogP contribution in [0, 0.1) is 5.41 Å². The van der Waals surface area contributed by atoms with Crippen LogP contribution in [-0.4, -0.2) is 25.3 Å². The van der Waals surface area contributed by atoms with Gasteiger partial charge in [0, 0.05) is 40.7 Å². The van der Waals surface area contributed by atoms with Gasteiger partial charge in [-0.25, -0.2) is 0 Å². The Morgan fingerprint density at radius 1 is 0.674 bits per heavy atom. The zero-order chi connectivity index (χ0) is 32.8. The summed E-state index contributed by atoms with van der Waals surface area (Å²) in [5.74, 6) is 1.56. The average Bonchev–Trinajstić information content (AvgIpc) is 2.91. The quantitative estimate of drug-likeness (QED) is 0.199. The first-order valence-electron chi connectivity index (χ1n) is 16.0. The molecule has 0 aliphatic heterocycles. The Labute approximate surface area is 263 Å². The molecule has 2 aromatic carbocycles. The number of hydrogen-bond acceptors (Lipinski definition) is 4. The Kier molecular flexibility index (Phi) is 12.0. The number of hydrogen-bond donors (Lipinski definition) is 1. The molecule has 43 heavy (non-hydrogen) atoms. The molecule has 1 aliphatic rings. The molecular weight excluding hydrogens is 528 g/mol. The fourth-order valence-electron chi connectivity index (χ4n) is 5.37. The predicted octanol–water partition coefficient (Wildman–Crippen LogP) is 10.8. The topological polar surface area (TPSA) is 54.7 Å². The minimum atomic E-state index is -0.156. The molecule has 1 aliphatic carbocycles. The second-order valence-electron chi connectivity index (χ2n) is 16.0. The molecule has 1 saturated carbocycles. The summed E-state index contributed by atoms with van der Waals surface area (Å²) in [5, 5.41) is 8.21. The lowest BCUT2D eigenvalue weighted by molar-refractivity contribution is 0.115. The molecule has 2 aromatic rings. The molecule has 0 heterocycles. The van der Waals surface area contributed by atoms with Crippen molar-refractivity contribution in [2.75, 3.05) is 6.79 Å². The van der Waals surface area contributed by atoms with E-state index in [2.05, 4.69) is 127 Å². The van der Waals surface area contributed by atoms with E-state index in [4.69, 9.17) is 19.9 Å². The number of nitrogens with one attached hydrogen (secondary N) is 1. The van der Waals surface area contributed by atoms with E-state index in [-0.39, 0.29) is 28.5 Å². The van der Waals surface area contributed by atoms with Crippen LogP contribution in [0.25, 0.3) is 0 Å². The minimum absolute atomic E-state index is 0.00225. The van der Waals surface area contributed by atoms with Gasteiger partial charge in [-0.3, -0.25) is 4.99 Å². The molecule has 0 aromatic heterocycles. The van der Waals surface area contributed by atoms with Gasteiger partial charge in [-0.2, -0.15) is 0 Å². The Hall–Kier alpha value is -2.88. The molecule has 0 amide bonds. The van der Waals surface area contributed by atoms with Crippen LogP contribution >= 0.6 is 0 Å². The number of nitrogens with zero attached hydrogens (tertiary/aromatic N) is 1. The summed E-state index contributed by atoms with van der Waals surface area (Å²) < 4.78 is 13.0. The first kappa shape index (κ1) is 36.3. The number of aliphatic imine (C=N–C) groups is 1. The van der Waals surface area contributed by atoms with Gasteiger partial charge in [-0.15, -0.1) is 13.2 Å². The third-order valence-electron chi connectivity index (χ3n) is 8.14. The van der Waals surface area contributed by atoms with Crippen LogP contribution in [-0.2, 0) is 21.7 Å². The normalized spacial score (nSPS) is 15.2. The van der Waals surface area contributed by atoms with Gasteiger partial charge < -0.3 is 14.9 Å². The molecule has 0 spiro atoms. The smallest absolute Gasteiger partial charge is 0.230 e. The lowest BCUT2D eigenvalue weighted by Crippen LogP contribution is -2.22. The van der Waals surface area contributed by atoms with Crippen LogP contribution in [0.5, 0.6) is 11.5 Å². The van der Waals surface area contributed by atoms with Crippen molar-refractivity contribution < 1.29 is 9.47 Å². The molecule has 0 unspecified atom stereocenters. The summed E-state index contributed by atoms with van der Waals surface area (Å²) in [4.78, 5) is 5.06. The Morgan fingerprint density at radius 3 is 1.49 bits per heavy atom. The molecule has 0 radical (unpaired) electrons. The van der Waals surface area contributed by atoms with Crippen LogP contribution in [0.15, 0.2) is 42.4 Å². The highest BCUT2D eigenvalue weighted by atomic mass is 16.7. The average molecular weight is 589 g/mol. The fraction of sp³-hybridized carbons (Fsp3) is 0.590. The number of benzene rings is 2. The lowest BCUT2D eigenvalue weighted by Gasteiger charge is -2.30. The highest BCUT2D eigenvalue weighted by Crippen LogP contribution is 2.40. The van der Waals surface area contributed by atoms with Crippen LogP contribution in [0.1, 0.15) is 149 Å². The van der Waals surface area contributed by atoms with Crippen LogP contribution in [0.3, 0.4) is 0 Å². The van der Waals surface area contributed by atoms with Gasteiger partial charge >= 0.3 is 0 Å². The van der Waals surface area contributed by atoms with Gasteiger partial charge in [-0.1, -0.05) is 114 Å². The van der Waals surface area contributed by atoms with Crippen molar-refractivity contribution in [3.05, 3.63) is 70.8 Å². The molecule has 1 fully saturated rings. The molecule has 238 valence electrons. The first-order chi connectivity index (χ1) is 19.8. The maximum atomic E-state index is 8.21. The molecule has 0 saturated heterocycles.